The molecule has 0 amide bonds. The van der Waals surface area contributed by atoms with E-state index in [1.165, 1.54) is 18.2 Å². The summed E-state index contributed by atoms with van der Waals surface area (Å²) in [7, 11) is 0. The first-order valence-corrected chi connectivity index (χ1v) is 6.23. The summed E-state index contributed by atoms with van der Waals surface area (Å²) >= 11 is 0. The molecule has 6 nitrogen and oxygen atoms in total. The fraction of sp³-hybridized carbons (Fsp3) is 0.133. The van der Waals surface area contributed by atoms with Crippen LogP contribution in [0.2, 0.25) is 0 Å². The van der Waals surface area contributed by atoms with Crippen LogP contribution in [0.4, 0.5) is 0 Å². The summed E-state index contributed by atoms with van der Waals surface area (Å²) in [5.41, 5.74) is 0.538. The van der Waals surface area contributed by atoms with Gasteiger partial charge in [0.2, 0.25) is 6.79 Å². The van der Waals surface area contributed by atoms with Gasteiger partial charge in [0, 0.05) is 6.07 Å². The van der Waals surface area contributed by atoms with Crippen molar-refractivity contribution in [3.63, 3.8) is 0 Å². The Morgan fingerprint density at radius 2 is 1.86 bits per heavy atom. The van der Waals surface area contributed by atoms with Crippen LogP contribution in [0.25, 0.3) is 0 Å². The van der Waals surface area contributed by atoms with Crippen molar-refractivity contribution in [1.29, 1.82) is 0 Å². The van der Waals surface area contributed by atoms with Gasteiger partial charge in [-0.25, -0.2) is 0 Å². The van der Waals surface area contributed by atoms with Crippen molar-refractivity contribution in [2.75, 3.05) is 6.79 Å². The summed E-state index contributed by atoms with van der Waals surface area (Å²) in [6.07, 6.45) is -0.0255. The highest BCUT2D eigenvalue weighted by Crippen LogP contribution is 2.35. The fourth-order valence-corrected chi connectivity index (χ4v) is 1.95. The second-order valence-electron chi connectivity index (χ2n) is 4.49. The maximum atomic E-state index is 11.8. The summed E-state index contributed by atoms with van der Waals surface area (Å²) in [4.78, 5) is 11.8. The topological polar surface area (TPSA) is 85.2 Å². The molecule has 0 spiro atoms. The van der Waals surface area contributed by atoms with Crippen LogP contribution in [-0.4, -0.2) is 23.0 Å². The quantitative estimate of drug-likeness (QED) is 0.510. The molecule has 1 aliphatic heterocycles. The Bertz CT molecular complexity index is 695. The monoisotopic (exact) mass is 288 g/mol. The third kappa shape index (κ3) is 2.84. The van der Waals surface area contributed by atoms with Gasteiger partial charge in [0.25, 0.3) is 0 Å². The van der Waals surface area contributed by atoms with E-state index < -0.39 is 5.97 Å². The van der Waals surface area contributed by atoms with Crippen molar-refractivity contribution in [3.8, 4) is 28.7 Å². The van der Waals surface area contributed by atoms with Gasteiger partial charge >= 0.3 is 5.97 Å². The third-order valence-corrected chi connectivity index (χ3v) is 2.96. The first-order valence-electron chi connectivity index (χ1n) is 6.23. The van der Waals surface area contributed by atoms with E-state index in [1.54, 1.807) is 18.2 Å². The van der Waals surface area contributed by atoms with Crippen LogP contribution in [0.5, 0.6) is 28.7 Å². The molecule has 0 aromatic heterocycles. The molecule has 108 valence electrons. The van der Waals surface area contributed by atoms with Gasteiger partial charge in [-0.2, -0.15) is 0 Å². The molecule has 6 heteroatoms. The Morgan fingerprint density at radius 3 is 2.67 bits per heavy atom. The summed E-state index contributed by atoms with van der Waals surface area (Å²) in [6, 6.07) is 9.02. The van der Waals surface area contributed by atoms with Gasteiger partial charge < -0.3 is 24.4 Å². The summed E-state index contributed by atoms with van der Waals surface area (Å²) in [6.45, 7) is 0.152. The van der Waals surface area contributed by atoms with E-state index in [9.17, 15) is 15.0 Å². The summed E-state index contributed by atoms with van der Waals surface area (Å²) < 4.78 is 15.6. The van der Waals surface area contributed by atoms with Crippen molar-refractivity contribution in [2.24, 2.45) is 0 Å². The van der Waals surface area contributed by atoms with E-state index in [0.717, 1.165) is 0 Å². The lowest BCUT2D eigenvalue weighted by Gasteiger charge is -2.06. The van der Waals surface area contributed by atoms with E-state index in [2.05, 4.69) is 0 Å². The number of hydrogen-bond acceptors (Lipinski definition) is 6. The molecular weight excluding hydrogens is 276 g/mol. The normalized spacial score (nSPS) is 12.2. The fourth-order valence-electron chi connectivity index (χ4n) is 1.95. The third-order valence-electron chi connectivity index (χ3n) is 2.96. The Labute approximate surface area is 120 Å². The summed E-state index contributed by atoms with van der Waals surface area (Å²) in [5.74, 6) is 0.498. The molecule has 0 saturated heterocycles. The van der Waals surface area contributed by atoms with E-state index in [1.807, 2.05) is 0 Å². The lowest BCUT2D eigenvalue weighted by Crippen LogP contribution is -2.11. The second-order valence-corrected chi connectivity index (χ2v) is 4.49. The van der Waals surface area contributed by atoms with Crippen molar-refractivity contribution in [3.05, 3.63) is 42.0 Å². The first-order chi connectivity index (χ1) is 10.1. The number of carbonyl (C=O) groups excluding carboxylic acids is 1. The Kier molecular flexibility index (Phi) is 3.27. The van der Waals surface area contributed by atoms with Gasteiger partial charge in [0.1, 0.15) is 5.75 Å². The maximum absolute atomic E-state index is 11.8. The highest BCUT2D eigenvalue weighted by atomic mass is 16.7. The second kappa shape index (κ2) is 5.24. The molecular formula is C15H12O6. The standard InChI is InChI=1S/C15H12O6/c16-11-3-1-9(5-12(11)17)6-15(18)21-10-2-4-13-14(7-10)20-8-19-13/h1-5,7,16-17H,6,8H2. The van der Waals surface area contributed by atoms with Crippen LogP contribution in [0.3, 0.4) is 0 Å². The number of phenolic OH excluding ortho intramolecular Hbond substituents is 2. The zero-order valence-electron chi connectivity index (χ0n) is 10.9. The van der Waals surface area contributed by atoms with Gasteiger partial charge in [-0.05, 0) is 29.8 Å². The molecule has 0 radical (unpaired) electrons. The molecule has 1 heterocycles. The smallest absolute Gasteiger partial charge is 0.315 e. The minimum Gasteiger partial charge on any atom is -0.504 e. The lowest BCUT2D eigenvalue weighted by atomic mass is 10.1. The van der Waals surface area contributed by atoms with E-state index >= 15 is 0 Å². The lowest BCUT2D eigenvalue weighted by molar-refractivity contribution is -0.133. The molecule has 0 bridgehead atoms. The number of rotatable bonds is 3. The largest absolute Gasteiger partial charge is 0.504 e. The first kappa shape index (κ1) is 13.1. The molecule has 2 N–H and O–H groups in total. The Morgan fingerprint density at radius 1 is 1.05 bits per heavy atom. The number of ether oxygens (including phenoxy) is 3. The molecule has 3 rings (SSSR count). The zero-order valence-corrected chi connectivity index (χ0v) is 10.9. The van der Waals surface area contributed by atoms with Crippen LogP contribution in [0.15, 0.2) is 36.4 Å². The summed E-state index contributed by atoms with van der Waals surface area (Å²) in [5, 5.41) is 18.6. The van der Waals surface area contributed by atoms with Crippen LogP contribution in [0, 0.1) is 0 Å². The van der Waals surface area contributed by atoms with Crippen molar-refractivity contribution >= 4 is 5.97 Å². The molecule has 0 atom stereocenters. The molecule has 1 aliphatic rings. The molecule has 2 aromatic rings. The number of benzene rings is 2. The van der Waals surface area contributed by atoms with Crippen LogP contribution >= 0.6 is 0 Å². The highest BCUT2D eigenvalue weighted by Gasteiger charge is 2.15. The van der Waals surface area contributed by atoms with E-state index in [0.29, 0.717) is 22.8 Å². The van der Waals surface area contributed by atoms with Gasteiger partial charge in [0.15, 0.2) is 23.0 Å². The van der Waals surface area contributed by atoms with Gasteiger partial charge in [0.05, 0.1) is 6.42 Å². The average Bonchev–Trinajstić information content (AvgIpc) is 2.90. The molecule has 0 aliphatic carbocycles. The van der Waals surface area contributed by atoms with Gasteiger partial charge in [-0.3, -0.25) is 4.79 Å². The van der Waals surface area contributed by atoms with Crippen LogP contribution in [-0.2, 0) is 11.2 Å². The van der Waals surface area contributed by atoms with E-state index in [-0.39, 0.29) is 24.7 Å². The maximum Gasteiger partial charge on any atom is 0.315 e. The van der Waals surface area contributed by atoms with Crippen molar-refractivity contribution < 1.29 is 29.2 Å². The SMILES string of the molecule is O=C(Cc1ccc(O)c(O)c1)Oc1ccc2c(c1)OCO2. The number of phenols is 2. The van der Waals surface area contributed by atoms with Gasteiger partial charge in [-0.15, -0.1) is 0 Å². The number of carbonyl (C=O) groups is 1. The minimum absolute atomic E-state index is 0.0255. The minimum atomic E-state index is -0.487. The number of esters is 1. The van der Waals surface area contributed by atoms with Gasteiger partial charge in [-0.1, -0.05) is 6.07 Å². The number of fused-ring (bicyclic) bond motifs is 1. The highest BCUT2D eigenvalue weighted by molar-refractivity contribution is 5.75. The zero-order chi connectivity index (χ0) is 14.8. The predicted molar refractivity (Wildman–Crippen MR) is 71.7 cm³/mol. The molecule has 0 fully saturated rings. The average molecular weight is 288 g/mol. The predicted octanol–water partition coefficient (Wildman–Crippen LogP) is 1.97. The molecule has 0 saturated carbocycles. The Hall–Kier alpha value is -2.89. The number of hydrogen-bond donors (Lipinski definition) is 2. The molecule has 2 aromatic carbocycles. The Balaban J connectivity index is 1.67. The molecule has 21 heavy (non-hydrogen) atoms. The van der Waals surface area contributed by atoms with Crippen LogP contribution in [0.1, 0.15) is 5.56 Å². The van der Waals surface area contributed by atoms with Crippen molar-refractivity contribution in [1.82, 2.24) is 0 Å². The van der Waals surface area contributed by atoms with E-state index in [4.69, 9.17) is 14.2 Å². The number of aromatic hydroxyl groups is 2. The van der Waals surface area contributed by atoms with Crippen LogP contribution < -0.4 is 14.2 Å². The molecule has 0 unspecified atom stereocenters. The van der Waals surface area contributed by atoms with Crippen molar-refractivity contribution in [2.45, 2.75) is 6.42 Å².